The summed E-state index contributed by atoms with van der Waals surface area (Å²) in [5, 5.41) is 12.6. The molecule has 6 nitrogen and oxygen atoms in total. The third-order valence-electron chi connectivity index (χ3n) is 7.88. The van der Waals surface area contributed by atoms with Gasteiger partial charge in [0.2, 0.25) is 11.8 Å². The molecule has 1 heterocycles. The van der Waals surface area contributed by atoms with Crippen LogP contribution in [0.15, 0.2) is 78.9 Å². The molecule has 0 radical (unpaired) electrons. The molecule has 6 rings (SSSR count). The number of carbonyl (C=O) groups is 2. The van der Waals surface area contributed by atoms with E-state index in [1.807, 2.05) is 66.5 Å². The number of fused-ring (bicyclic) bond motifs is 1. The molecule has 0 spiro atoms. The van der Waals surface area contributed by atoms with Crippen molar-refractivity contribution in [2.75, 3.05) is 12.4 Å². The van der Waals surface area contributed by atoms with Crippen molar-refractivity contribution in [1.82, 2.24) is 15.1 Å². The second-order valence-electron chi connectivity index (χ2n) is 10.2. The van der Waals surface area contributed by atoms with Crippen molar-refractivity contribution in [1.29, 1.82) is 0 Å². The summed E-state index contributed by atoms with van der Waals surface area (Å²) in [6.45, 7) is 0. The van der Waals surface area contributed by atoms with Crippen molar-refractivity contribution in [2.24, 2.45) is 5.92 Å². The average molecular weight is 479 g/mol. The Kier molecular flexibility index (Phi) is 5.80. The maximum Gasteiger partial charge on any atom is 0.230 e. The molecule has 6 heteroatoms. The average Bonchev–Trinajstić information content (AvgIpc) is 3.55. The lowest BCUT2D eigenvalue weighted by Gasteiger charge is -2.41. The van der Waals surface area contributed by atoms with Crippen LogP contribution in [0.4, 0.5) is 5.82 Å². The summed E-state index contributed by atoms with van der Waals surface area (Å²) in [6, 6.07) is 26.7. The first kappa shape index (κ1) is 22.5. The van der Waals surface area contributed by atoms with Crippen molar-refractivity contribution in [3.8, 4) is 0 Å². The van der Waals surface area contributed by atoms with Crippen LogP contribution in [0.3, 0.4) is 0 Å². The molecule has 2 atom stereocenters. The van der Waals surface area contributed by atoms with E-state index in [-0.39, 0.29) is 23.8 Å². The molecule has 36 heavy (non-hydrogen) atoms. The van der Waals surface area contributed by atoms with Crippen molar-refractivity contribution in [3.05, 3.63) is 95.7 Å². The number of hydrogen-bond acceptors (Lipinski definition) is 3. The maximum atomic E-state index is 13.0. The van der Waals surface area contributed by atoms with Crippen LogP contribution >= 0.6 is 0 Å². The fourth-order valence-corrected chi connectivity index (χ4v) is 5.55. The lowest BCUT2D eigenvalue weighted by molar-refractivity contribution is -0.135. The quantitative estimate of drug-likeness (QED) is 0.381. The zero-order valence-electron chi connectivity index (χ0n) is 20.4. The number of amides is 2. The molecule has 182 valence electrons. The van der Waals surface area contributed by atoms with Gasteiger partial charge in [-0.25, -0.2) is 0 Å². The van der Waals surface area contributed by atoms with Crippen LogP contribution in [0.1, 0.15) is 47.9 Å². The molecule has 0 saturated heterocycles. The van der Waals surface area contributed by atoms with Crippen molar-refractivity contribution in [2.45, 2.75) is 43.6 Å². The lowest BCUT2D eigenvalue weighted by atomic mass is 9.77. The summed E-state index contributed by atoms with van der Waals surface area (Å²) in [4.78, 5) is 27.6. The summed E-state index contributed by atoms with van der Waals surface area (Å²) in [5.74, 6) is 1.53. The first-order valence-electron chi connectivity index (χ1n) is 12.7. The van der Waals surface area contributed by atoms with E-state index in [0.717, 1.165) is 41.3 Å². The van der Waals surface area contributed by atoms with Gasteiger partial charge in [0.15, 0.2) is 5.82 Å². The van der Waals surface area contributed by atoms with E-state index in [1.54, 1.807) is 0 Å². The van der Waals surface area contributed by atoms with Crippen LogP contribution in [-0.4, -0.2) is 40.0 Å². The molecular formula is C30H30N4O2. The molecule has 1 aromatic heterocycles. The number of nitrogens with zero attached hydrogens (tertiary/aromatic N) is 2. The molecule has 2 amide bonds. The Labute approximate surface area is 210 Å². The third kappa shape index (κ3) is 4.39. The Morgan fingerprint density at radius 2 is 1.72 bits per heavy atom. The van der Waals surface area contributed by atoms with Crippen LogP contribution in [0.5, 0.6) is 0 Å². The van der Waals surface area contributed by atoms with Gasteiger partial charge in [-0.1, -0.05) is 72.8 Å². The maximum absolute atomic E-state index is 13.0. The zero-order valence-corrected chi connectivity index (χ0v) is 20.4. The number of aromatic amines is 1. The second kappa shape index (κ2) is 9.26. The number of aromatic nitrogens is 2. The Morgan fingerprint density at radius 3 is 2.56 bits per heavy atom. The SMILES string of the molecule is CN(C(=O)C1CC1c1ccccc1)[C@H]1C[C@@H](c2cc(NC(=O)Cc3cccc4ccccc34)n[nH]2)C1. The van der Waals surface area contributed by atoms with Crippen molar-refractivity contribution < 1.29 is 9.59 Å². The van der Waals surface area contributed by atoms with Gasteiger partial charge in [0.25, 0.3) is 0 Å². The molecule has 0 aliphatic heterocycles. The molecule has 2 aliphatic rings. The Hall–Kier alpha value is -3.93. The van der Waals surface area contributed by atoms with Gasteiger partial charge in [-0.3, -0.25) is 14.7 Å². The normalized spacial score (nSPS) is 22.6. The molecule has 0 bridgehead atoms. The van der Waals surface area contributed by atoms with E-state index in [1.165, 1.54) is 5.56 Å². The minimum Gasteiger partial charge on any atom is -0.342 e. The number of H-pyrrole nitrogens is 1. The van der Waals surface area contributed by atoms with E-state index >= 15 is 0 Å². The smallest absolute Gasteiger partial charge is 0.230 e. The number of hydrogen-bond donors (Lipinski definition) is 2. The van der Waals surface area contributed by atoms with E-state index in [9.17, 15) is 9.59 Å². The fraction of sp³-hybridized carbons (Fsp3) is 0.300. The molecule has 2 N–H and O–H groups in total. The molecule has 2 unspecified atom stereocenters. The van der Waals surface area contributed by atoms with Gasteiger partial charge in [0, 0.05) is 36.7 Å². The van der Waals surface area contributed by atoms with Gasteiger partial charge in [0.05, 0.1) is 6.42 Å². The monoisotopic (exact) mass is 478 g/mol. The van der Waals surface area contributed by atoms with Gasteiger partial charge in [-0.05, 0) is 47.1 Å². The fourth-order valence-electron chi connectivity index (χ4n) is 5.55. The summed E-state index contributed by atoms with van der Waals surface area (Å²) in [7, 11) is 1.94. The standard InChI is InChI=1S/C30H30N4O2/c1-34(30(36)26-17-25(26)20-8-3-2-4-9-20)23-14-22(15-23)27-18-28(33-32-27)31-29(35)16-21-12-7-11-19-10-5-6-13-24(19)21/h2-13,18,22-23,25-26H,14-17H2,1H3,(H2,31,32,33,35)/t22-,23+,25?,26?. The van der Waals surface area contributed by atoms with E-state index in [4.69, 9.17) is 0 Å². The van der Waals surface area contributed by atoms with Crippen LogP contribution in [0.2, 0.25) is 0 Å². The minimum absolute atomic E-state index is 0.0846. The number of anilines is 1. The predicted octanol–water partition coefficient (Wildman–Crippen LogP) is 5.25. The van der Waals surface area contributed by atoms with Crippen molar-refractivity contribution in [3.63, 3.8) is 0 Å². The molecule has 2 aliphatic carbocycles. The van der Waals surface area contributed by atoms with Crippen LogP contribution in [0, 0.1) is 5.92 Å². The van der Waals surface area contributed by atoms with Crippen LogP contribution in [0.25, 0.3) is 10.8 Å². The van der Waals surface area contributed by atoms with E-state index < -0.39 is 0 Å². The van der Waals surface area contributed by atoms with Gasteiger partial charge >= 0.3 is 0 Å². The number of nitrogens with one attached hydrogen (secondary N) is 2. The molecular weight excluding hydrogens is 448 g/mol. The lowest BCUT2D eigenvalue weighted by Crippen LogP contribution is -2.45. The Balaban J connectivity index is 1.01. The first-order chi connectivity index (χ1) is 17.6. The highest BCUT2D eigenvalue weighted by atomic mass is 16.2. The minimum atomic E-state index is -0.0846. The highest BCUT2D eigenvalue weighted by Gasteiger charge is 2.47. The molecule has 2 fully saturated rings. The first-order valence-corrected chi connectivity index (χ1v) is 12.7. The molecule has 2 saturated carbocycles. The van der Waals surface area contributed by atoms with Gasteiger partial charge in [-0.2, -0.15) is 5.10 Å². The van der Waals surface area contributed by atoms with E-state index in [0.29, 0.717) is 24.1 Å². The Morgan fingerprint density at radius 1 is 0.972 bits per heavy atom. The molecule has 4 aromatic rings. The molecule has 3 aromatic carbocycles. The van der Waals surface area contributed by atoms with Crippen molar-refractivity contribution >= 4 is 28.4 Å². The summed E-state index contributed by atoms with van der Waals surface area (Å²) in [6.07, 6.45) is 3.08. The zero-order chi connectivity index (χ0) is 24.6. The van der Waals surface area contributed by atoms with Gasteiger partial charge in [0.1, 0.15) is 0 Å². The summed E-state index contributed by atoms with van der Waals surface area (Å²) >= 11 is 0. The number of carbonyl (C=O) groups excluding carboxylic acids is 2. The van der Waals surface area contributed by atoms with Crippen LogP contribution < -0.4 is 5.32 Å². The van der Waals surface area contributed by atoms with E-state index in [2.05, 4.69) is 39.8 Å². The third-order valence-corrected chi connectivity index (χ3v) is 7.88. The topological polar surface area (TPSA) is 78.1 Å². The number of rotatable bonds is 7. The number of benzene rings is 3. The largest absolute Gasteiger partial charge is 0.342 e. The second-order valence-corrected chi connectivity index (χ2v) is 10.2. The predicted molar refractivity (Wildman–Crippen MR) is 141 cm³/mol. The Bertz CT molecular complexity index is 1400. The summed E-state index contributed by atoms with van der Waals surface area (Å²) in [5.41, 5.74) is 3.28. The van der Waals surface area contributed by atoms with Gasteiger partial charge < -0.3 is 10.2 Å². The van der Waals surface area contributed by atoms with Crippen LogP contribution in [-0.2, 0) is 16.0 Å². The highest BCUT2D eigenvalue weighted by Crippen LogP contribution is 2.49. The van der Waals surface area contributed by atoms with Gasteiger partial charge in [-0.15, -0.1) is 0 Å². The summed E-state index contributed by atoms with van der Waals surface area (Å²) < 4.78 is 0. The highest BCUT2D eigenvalue weighted by molar-refractivity contribution is 5.95.